The molecule has 5 aliphatic rings. The van der Waals surface area contributed by atoms with E-state index in [0.717, 1.165) is 110 Å². The lowest BCUT2D eigenvalue weighted by molar-refractivity contribution is -0.123. The number of piperidine rings is 2. The highest BCUT2D eigenvalue weighted by atomic mass is 19.4. The quantitative estimate of drug-likeness (QED) is 0.0459. The average molecular weight is 1120 g/mol. The highest BCUT2D eigenvalue weighted by Gasteiger charge is 2.46. The average Bonchev–Trinajstić information content (AvgIpc) is 3.44. The zero-order valence-electron chi connectivity index (χ0n) is 45.9. The van der Waals surface area contributed by atoms with Gasteiger partial charge in [0.25, 0.3) is 5.91 Å². The van der Waals surface area contributed by atoms with Crippen LogP contribution in [0.1, 0.15) is 79.2 Å². The summed E-state index contributed by atoms with van der Waals surface area (Å²) in [6, 6.07) is 19.0. The van der Waals surface area contributed by atoms with Gasteiger partial charge in [0, 0.05) is 111 Å². The highest BCUT2D eigenvalue weighted by Crippen LogP contribution is 2.47. The number of nitrogens with one attached hydrogen (secondary N) is 2. The van der Waals surface area contributed by atoms with Crippen LogP contribution >= 0.6 is 0 Å². The molecular formula is C61H66F4N12O5. The van der Waals surface area contributed by atoms with Gasteiger partial charge in [0.2, 0.25) is 5.82 Å². The van der Waals surface area contributed by atoms with Gasteiger partial charge in [0.15, 0.2) is 11.6 Å². The molecule has 3 aromatic heterocycles. The molecule has 0 spiro atoms. The van der Waals surface area contributed by atoms with Gasteiger partial charge in [-0.15, -0.1) is 16.6 Å². The number of phenolic OH excluding ortho intramolecular Hbond substituents is 3. The van der Waals surface area contributed by atoms with Crippen molar-refractivity contribution in [3.05, 3.63) is 101 Å². The summed E-state index contributed by atoms with van der Waals surface area (Å²) in [4.78, 5) is 37.3. The second-order valence-electron chi connectivity index (χ2n) is 23.5. The van der Waals surface area contributed by atoms with Crippen LogP contribution in [0.15, 0.2) is 72.9 Å². The Kier molecular flexibility index (Phi) is 14.9. The molecule has 7 heterocycles. The van der Waals surface area contributed by atoms with E-state index >= 15 is 4.39 Å². The zero-order chi connectivity index (χ0) is 57.0. The Morgan fingerprint density at radius 3 is 2.40 bits per heavy atom. The number of carbonyl (C=O) groups excluding carboxylic acids is 1. The summed E-state index contributed by atoms with van der Waals surface area (Å²) in [6.07, 6.45) is 8.15. The molecule has 2 atom stereocenters. The topological polar surface area (TPSA) is 193 Å². The summed E-state index contributed by atoms with van der Waals surface area (Å²) in [5.74, 6) is 1.63. The largest absolute Gasteiger partial charge is 0.508 e. The minimum absolute atomic E-state index is 0.0283. The number of phenols is 3. The fourth-order valence-electron chi connectivity index (χ4n) is 12.6. The number of piperazine rings is 1. The Labute approximate surface area is 472 Å². The molecule has 1 saturated carbocycles. The van der Waals surface area contributed by atoms with Crippen molar-refractivity contribution in [3.63, 3.8) is 0 Å². The number of aromatic hydroxyl groups is 3. The maximum Gasteiger partial charge on any atom is 0.405 e. The van der Waals surface area contributed by atoms with Crippen molar-refractivity contribution in [2.45, 2.75) is 70.6 Å². The maximum absolute atomic E-state index is 17.2. The first-order valence-electron chi connectivity index (χ1n) is 28.3. The van der Waals surface area contributed by atoms with Gasteiger partial charge in [0.1, 0.15) is 40.8 Å². The molecule has 2 unspecified atom stereocenters. The number of fused-ring (bicyclic) bond motifs is 4. The fraction of sp³-hybridized carbons (Fsp3) is 0.443. The summed E-state index contributed by atoms with van der Waals surface area (Å²) >= 11 is 0. The first-order valence-corrected chi connectivity index (χ1v) is 28.3. The molecule has 1 amide bonds. The third-order valence-corrected chi connectivity index (χ3v) is 17.2. The van der Waals surface area contributed by atoms with Crippen LogP contribution in [0.3, 0.4) is 0 Å². The van der Waals surface area contributed by atoms with Gasteiger partial charge < -0.3 is 45.4 Å². The SMILES string of the molecule is C#Cc1cccc2cc(O)cc(-c3ncc4c(N5CC6CNC(C6)C5)nc(OCC5(CN6CCN(CC7CCN(Cc8ccc(-n9c(C(=O)NCC(F)(F)F)nnc9-c9cc(C(C)C)c(O)cc9O)cc8)CC7)CC6)CC5)nc4c3F)c12. The van der Waals surface area contributed by atoms with E-state index in [1.54, 1.807) is 36.5 Å². The molecule has 7 aromatic rings. The minimum atomic E-state index is -4.65. The van der Waals surface area contributed by atoms with E-state index in [-0.39, 0.29) is 63.0 Å². The Hall–Kier alpha value is -7.64. The Balaban J connectivity index is 0.661. The van der Waals surface area contributed by atoms with E-state index in [9.17, 15) is 33.3 Å². The van der Waals surface area contributed by atoms with Crippen LogP contribution < -0.4 is 20.3 Å². The van der Waals surface area contributed by atoms with E-state index < -0.39 is 24.4 Å². The monoisotopic (exact) mass is 1120 g/mol. The van der Waals surface area contributed by atoms with Gasteiger partial charge in [-0.25, -0.2) is 4.39 Å². The third kappa shape index (κ3) is 11.5. The molecule has 2 bridgehead atoms. The number of pyridine rings is 1. The normalized spacial score (nSPS) is 19.8. The predicted molar refractivity (Wildman–Crippen MR) is 303 cm³/mol. The molecule has 5 fully saturated rings. The third-order valence-electron chi connectivity index (χ3n) is 17.2. The molecule has 4 aromatic carbocycles. The summed E-state index contributed by atoms with van der Waals surface area (Å²) in [7, 11) is 0. The van der Waals surface area contributed by atoms with E-state index in [2.05, 4.69) is 46.0 Å². The number of likely N-dealkylation sites (tertiary alicyclic amines) is 1. The number of ether oxygens (including phenoxy) is 1. The molecular weight excluding hydrogens is 1060 g/mol. The maximum atomic E-state index is 17.2. The first kappa shape index (κ1) is 54.9. The Morgan fingerprint density at radius 1 is 0.915 bits per heavy atom. The molecule has 4 aliphatic heterocycles. The molecule has 1 aliphatic carbocycles. The zero-order valence-corrected chi connectivity index (χ0v) is 45.9. The number of alkyl halides is 3. The summed E-state index contributed by atoms with van der Waals surface area (Å²) < 4.78 is 64.5. The molecule has 12 rings (SSSR count). The van der Waals surface area contributed by atoms with E-state index in [4.69, 9.17) is 21.1 Å². The molecule has 5 N–H and O–H groups in total. The fourth-order valence-corrected chi connectivity index (χ4v) is 12.6. The van der Waals surface area contributed by atoms with Crippen LogP contribution in [0.25, 0.3) is 50.0 Å². The van der Waals surface area contributed by atoms with Crippen molar-refractivity contribution in [2.75, 3.05) is 90.0 Å². The van der Waals surface area contributed by atoms with Crippen LogP contribution in [-0.4, -0.2) is 163 Å². The van der Waals surface area contributed by atoms with Crippen molar-refractivity contribution in [1.82, 2.24) is 55.0 Å². The molecule has 428 valence electrons. The second-order valence-corrected chi connectivity index (χ2v) is 23.5. The van der Waals surface area contributed by atoms with E-state index in [0.29, 0.717) is 75.4 Å². The number of carbonyl (C=O) groups is 1. The summed E-state index contributed by atoms with van der Waals surface area (Å²) in [6.45, 7) is 13.3. The number of terminal acetylenes is 1. The highest BCUT2D eigenvalue weighted by molar-refractivity contribution is 6.03. The Morgan fingerprint density at radius 2 is 1.68 bits per heavy atom. The van der Waals surface area contributed by atoms with Crippen molar-refractivity contribution >= 4 is 33.4 Å². The van der Waals surface area contributed by atoms with Crippen molar-refractivity contribution in [3.8, 4) is 63.9 Å². The van der Waals surface area contributed by atoms with Gasteiger partial charge >= 0.3 is 12.2 Å². The number of nitrogens with zero attached hydrogens (tertiary/aromatic N) is 10. The van der Waals surface area contributed by atoms with Gasteiger partial charge in [0.05, 0.1) is 17.6 Å². The van der Waals surface area contributed by atoms with Crippen molar-refractivity contribution < 1.29 is 42.4 Å². The number of halogens is 4. The van der Waals surface area contributed by atoms with Crippen LogP contribution in [0, 0.1) is 35.4 Å². The van der Waals surface area contributed by atoms with Crippen LogP contribution in [0.2, 0.25) is 0 Å². The smallest absolute Gasteiger partial charge is 0.405 e. The first-order chi connectivity index (χ1) is 39.5. The number of rotatable bonds is 16. The van der Waals surface area contributed by atoms with Gasteiger partial charge in [-0.05, 0) is 116 Å². The number of amides is 1. The van der Waals surface area contributed by atoms with Crippen LogP contribution in [0.4, 0.5) is 23.4 Å². The van der Waals surface area contributed by atoms with Crippen LogP contribution in [0.5, 0.6) is 23.3 Å². The molecule has 4 saturated heterocycles. The number of anilines is 1. The number of hydrogen-bond acceptors (Lipinski definition) is 15. The van der Waals surface area contributed by atoms with Gasteiger partial charge in [-0.3, -0.25) is 19.2 Å². The molecule has 17 nitrogen and oxygen atoms in total. The standard InChI is InChI=1S/C61H66F4N12O5/c1-4-40-6-5-7-41-23-44(78)24-47(51(40)41)53-52(62)54-48(28-67-53)55(76-31-39-22-42(32-76)66-27-39)70-59(69-54)82-35-60(14-15-60)34-75-20-18-74(19-21-75)30-38-12-16-73(17-13-38)29-37-8-10-43(11-9-37)77-56(46-25-45(36(2)3)49(79)26-50(46)80)71-72-57(77)58(81)68-33-61(63,64)65/h1,5-11,23-26,28,36,38-39,42,66,78-80H,12-22,27,29-35H2,2-3H3,(H,68,81). The minimum Gasteiger partial charge on any atom is -0.508 e. The lowest BCUT2D eigenvalue weighted by atomic mass is 9.95. The summed E-state index contributed by atoms with van der Waals surface area (Å²) in [5.41, 5.74) is 3.13. The molecule has 82 heavy (non-hydrogen) atoms. The van der Waals surface area contributed by atoms with Crippen LogP contribution in [-0.2, 0) is 6.54 Å². The second kappa shape index (κ2) is 22.3. The van der Waals surface area contributed by atoms with Crippen molar-refractivity contribution in [1.29, 1.82) is 0 Å². The number of aromatic nitrogens is 6. The molecule has 0 radical (unpaired) electrons. The van der Waals surface area contributed by atoms with E-state index in [1.807, 2.05) is 43.4 Å². The van der Waals surface area contributed by atoms with Gasteiger partial charge in [-0.1, -0.05) is 44.0 Å². The Bertz CT molecular complexity index is 3580. The predicted octanol–water partition coefficient (Wildman–Crippen LogP) is 8.23. The number of hydrogen-bond donors (Lipinski definition) is 5. The number of benzene rings is 4. The van der Waals surface area contributed by atoms with E-state index in [1.165, 1.54) is 16.7 Å². The lowest BCUT2D eigenvalue weighted by Gasteiger charge is -2.39. The molecule has 21 heteroatoms. The van der Waals surface area contributed by atoms with Gasteiger partial charge in [-0.2, -0.15) is 23.1 Å². The summed E-state index contributed by atoms with van der Waals surface area (Å²) in [5, 5.41) is 47.6. The lowest BCUT2D eigenvalue weighted by Crippen LogP contribution is -2.50. The van der Waals surface area contributed by atoms with Crippen molar-refractivity contribution in [2.24, 2.45) is 17.3 Å².